The minimum absolute atomic E-state index is 0.160. The Balaban J connectivity index is 2.19. The van der Waals surface area contributed by atoms with E-state index >= 15 is 0 Å². The van der Waals surface area contributed by atoms with Crippen LogP contribution >= 0.6 is 0 Å². The number of rotatable bonds is 9. The maximum absolute atomic E-state index is 11.8. The van der Waals surface area contributed by atoms with Gasteiger partial charge in [-0.25, -0.2) is 0 Å². The third-order valence-corrected chi connectivity index (χ3v) is 2.96. The Bertz CT molecular complexity index is 381. The molecule has 4 nitrogen and oxygen atoms in total. The summed E-state index contributed by atoms with van der Waals surface area (Å²) >= 11 is 0. The summed E-state index contributed by atoms with van der Waals surface area (Å²) in [5.41, 5.74) is 1.01. The first kappa shape index (κ1) is 16.7. The number of hydrogen-bond donors (Lipinski definition) is 1. The van der Waals surface area contributed by atoms with E-state index in [0.29, 0.717) is 19.8 Å². The van der Waals surface area contributed by atoms with Gasteiger partial charge in [0.15, 0.2) is 0 Å². The zero-order valence-corrected chi connectivity index (χ0v) is 12.6. The van der Waals surface area contributed by atoms with E-state index in [2.05, 4.69) is 5.32 Å². The third-order valence-electron chi connectivity index (χ3n) is 2.96. The number of hydrogen-bond acceptors (Lipinski definition) is 4. The molecule has 0 bridgehead atoms. The van der Waals surface area contributed by atoms with E-state index in [4.69, 9.17) is 9.47 Å². The Morgan fingerprint density at radius 2 is 1.90 bits per heavy atom. The Morgan fingerprint density at radius 1 is 1.20 bits per heavy atom. The number of carbonyl (C=O) groups is 1. The largest absolute Gasteiger partial charge is 0.461 e. The molecule has 1 N–H and O–H groups in total. The minimum atomic E-state index is -0.176. The summed E-state index contributed by atoms with van der Waals surface area (Å²) in [5.74, 6) is -0.335. The van der Waals surface area contributed by atoms with Crippen molar-refractivity contribution in [3.63, 3.8) is 0 Å². The zero-order valence-electron chi connectivity index (χ0n) is 12.6. The molecule has 0 aliphatic carbocycles. The molecule has 0 saturated carbocycles. The fourth-order valence-electron chi connectivity index (χ4n) is 1.80. The molecular weight excluding hydrogens is 254 g/mol. The molecule has 2 unspecified atom stereocenters. The average molecular weight is 279 g/mol. The van der Waals surface area contributed by atoms with Gasteiger partial charge in [-0.2, -0.15) is 0 Å². The first-order valence-corrected chi connectivity index (χ1v) is 7.16. The van der Waals surface area contributed by atoms with Crippen molar-refractivity contribution < 1.29 is 14.3 Å². The van der Waals surface area contributed by atoms with Crippen LogP contribution in [0.3, 0.4) is 0 Å². The molecule has 0 saturated heterocycles. The standard InChI is InChI=1S/C16H25NO3/c1-4-19-14(3)11-17-10-13(2)16(18)20-12-15-8-6-5-7-9-15/h5-9,13-14,17H,4,10-12H2,1-3H3. The van der Waals surface area contributed by atoms with Gasteiger partial charge in [0.2, 0.25) is 0 Å². The molecule has 1 rings (SSSR count). The maximum Gasteiger partial charge on any atom is 0.310 e. The summed E-state index contributed by atoms with van der Waals surface area (Å²) < 4.78 is 10.7. The van der Waals surface area contributed by atoms with Crippen molar-refractivity contribution in [3.05, 3.63) is 35.9 Å². The van der Waals surface area contributed by atoms with Gasteiger partial charge < -0.3 is 14.8 Å². The van der Waals surface area contributed by atoms with Crippen molar-refractivity contribution in [3.8, 4) is 0 Å². The van der Waals surface area contributed by atoms with Crippen LogP contribution in [0.15, 0.2) is 30.3 Å². The van der Waals surface area contributed by atoms with E-state index in [-0.39, 0.29) is 18.0 Å². The smallest absolute Gasteiger partial charge is 0.310 e. The number of benzene rings is 1. The summed E-state index contributed by atoms with van der Waals surface area (Å²) in [6, 6.07) is 9.70. The summed E-state index contributed by atoms with van der Waals surface area (Å²) in [7, 11) is 0. The van der Waals surface area contributed by atoms with E-state index in [1.807, 2.05) is 51.1 Å². The Labute approximate surface area is 121 Å². The Kier molecular flexibility index (Phi) is 7.92. The molecule has 1 aromatic rings. The van der Waals surface area contributed by atoms with Gasteiger partial charge >= 0.3 is 5.97 Å². The number of carbonyl (C=O) groups excluding carboxylic acids is 1. The van der Waals surface area contributed by atoms with Crippen LogP contribution in [0.2, 0.25) is 0 Å². The lowest BCUT2D eigenvalue weighted by molar-refractivity contribution is -0.149. The highest BCUT2D eigenvalue weighted by molar-refractivity contribution is 5.72. The topological polar surface area (TPSA) is 47.6 Å². The molecule has 0 aliphatic heterocycles. The highest BCUT2D eigenvalue weighted by Crippen LogP contribution is 2.04. The van der Waals surface area contributed by atoms with Crippen LogP contribution in [0, 0.1) is 5.92 Å². The maximum atomic E-state index is 11.8. The van der Waals surface area contributed by atoms with Gasteiger partial charge in [0.1, 0.15) is 6.61 Å². The van der Waals surface area contributed by atoms with E-state index < -0.39 is 0 Å². The fourth-order valence-corrected chi connectivity index (χ4v) is 1.80. The third kappa shape index (κ3) is 6.68. The SMILES string of the molecule is CCOC(C)CNCC(C)C(=O)OCc1ccccc1. The van der Waals surface area contributed by atoms with Gasteiger partial charge in [0, 0.05) is 19.7 Å². The highest BCUT2D eigenvalue weighted by atomic mass is 16.5. The Morgan fingerprint density at radius 3 is 2.55 bits per heavy atom. The lowest BCUT2D eigenvalue weighted by Crippen LogP contribution is -2.33. The number of esters is 1. The van der Waals surface area contributed by atoms with Gasteiger partial charge in [0.05, 0.1) is 12.0 Å². The van der Waals surface area contributed by atoms with E-state index in [1.54, 1.807) is 0 Å². The van der Waals surface area contributed by atoms with E-state index in [1.165, 1.54) is 0 Å². The molecule has 0 heterocycles. The molecule has 0 aromatic heterocycles. The van der Waals surface area contributed by atoms with Crippen LogP contribution < -0.4 is 5.32 Å². The molecule has 112 valence electrons. The van der Waals surface area contributed by atoms with Gasteiger partial charge in [-0.05, 0) is 19.4 Å². The monoisotopic (exact) mass is 279 g/mol. The first-order chi connectivity index (χ1) is 9.63. The van der Waals surface area contributed by atoms with E-state index in [0.717, 1.165) is 12.1 Å². The van der Waals surface area contributed by atoms with Gasteiger partial charge in [-0.3, -0.25) is 4.79 Å². The molecule has 0 fully saturated rings. The average Bonchev–Trinajstić information content (AvgIpc) is 2.46. The lowest BCUT2D eigenvalue weighted by atomic mass is 10.2. The number of nitrogens with one attached hydrogen (secondary N) is 1. The molecule has 1 aromatic carbocycles. The van der Waals surface area contributed by atoms with Gasteiger partial charge in [0.25, 0.3) is 0 Å². The van der Waals surface area contributed by atoms with Crippen LogP contribution in [0.5, 0.6) is 0 Å². The quantitative estimate of drug-likeness (QED) is 0.705. The van der Waals surface area contributed by atoms with E-state index in [9.17, 15) is 4.79 Å². The summed E-state index contributed by atoms with van der Waals surface area (Å²) in [6.45, 7) is 8.23. The molecule has 2 atom stereocenters. The van der Waals surface area contributed by atoms with Gasteiger partial charge in [-0.1, -0.05) is 37.3 Å². The summed E-state index contributed by atoms with van der Waals surface area (Å²) in [5, 5.41) is 3.22. The minimum Gasteiger partial charge on any atom is -0.461 e. The van der Waals surface area contributed by atoms with Crippen molar-refractivity contribution in [2.45, 2.75) is 33.5 Å². The second kappa shape index (κ2) is 9.50. The van der Waals surface area contributed by atoms with Crippen molar-refractivity contribution in [1.29, 1.82) is 0 Å². The molecular formula is C16H25NO3. The van der Waals surface area contributed by atoms with Crippen LogP contribution in [0.25, 0.3) is 0 Å². The zero-order chi connectivity index (χ0) is 14.8. The highest BCUT2D eigenvalue weighted by Gasteiger charge is 2.14. The predicted molar refractivity (Wildman–Crippen MR) is 79.4 cm³/mol. The predicted octanol–water partition coefficient (Wildman–Crippen LogP) is 2.38. The number of ether oxygens (including phenoxy) is 2. The van der Waals surface area contributed by atoms with Gasteiger partial charge in [-0.15, -0.1) is 0 Å². The lowest BCUT2D eigenvalue weighted by Gasteiger charge is -2.15. The fraction of sp³-hybridized carbons (Fsp3) is 0.562. The van der Waals surface area contributed by atoms with Crippen molar-refractivity contribution in [1.82, 2.24) is 5.32 Å². The van der Waals surface area contributed by atoms with Crippen molar-refractivity contribution >= 4 is 5.97 Å². The Hall–Kier alpha value is -1.39. The van der Waals surface area contributed by atoms with Crippen LogP contribution in [0.1, 0.15) is 26.3 Å². The second-order valence-electron chi connectivity index (χ2n) is 4.92. The molecule has 4 heteroatoms. The summed E-state index contributed by atoms with van der Waals surface area (Å²) in [6.07, 6.45) is 0.160. The molecule has 0 spiro atoms. The normalized spacial score (nSPS) is 13.8. The molecule has 20 heavy (non-hydrogen) atoms. The molecule has 0 amide bonds. The van der Waals surface area contributed by atoms with Crippen LogP contribution in [0.4, 0.5) is 0 Å². The van der Waals surface area contributed by atoms with Crippen molar-refractivity contribution in [2.75, 3.05) is 19.7 Å². The second-order valence-corrected chi connectivity index (χ2v) is 4.92. The molecule has 0 radical (unpaired) electrons. The summed E-state index contributed by atoms with van der Waals surface area (Å²) in [4.78, 5) is 11.8. The first-order valence-electron chi connectivity index (χ1n) is 7.16. The van der Waals surface area contributed by atoms with Crippen LogP contribution in [-0.2, 0) is 20.9 Å². The molecule has 0 aliphatic rings. The van der Waals surface area contributed by atoms with Crippen LogP contribution in [-0.4, -0.2) is 31.8 Å². The van der Waals surface area contributed by atoms with Crippen molar-refractivity contribution in [2.24, 2.45) is 5.92 Å².